The van der Waals surface area contributed by atoms with Gasteiger partial charge >= 0.3 is 0 Å². The van der Waals surface area contributed by atoms with Crippen LogP contribution in [0, 0.1) is 0 Å². The molecule has 0 amide bonds. The molecule has 0 radical (unpaired) electrons. The van der Waals surface area contributed by atoms with Crippen molar-refractivity contribution in [3.05, 3.63) is 21.6 Å². The van der Waals surface area contributed by atoms with E-state index < -0.39 is 0 Å². The molecule has 5 heteroatoms. The summed E-state index contributed by atoms with van der Waals surface area (Å²) in [6.07, 6.45) is 8.02. The van der Waals surface area contributed by atoms with Crippen LogP contribution in [0.2, 0.25) is 5.15 Å². The van der Waals surface area contributed by atoms with E-state index in [0.717, 1.165) is 21.2 Å². The van der Waals surface area contributed by atoms with Gasteiger partial charge in [0, 0.05) is 5.92 Å². The van der Waals surface area contributed by atoms with Crippen LogP contribution in [0.4, 0.5) is 0 Å². The third kappa shape index (κ3) is 1.97. The van der Waals surface area contributed by atoms with E-state index in [1.165, 1.54) is 32.1 Å². The number of hydrogen-bond donors (Lipinski definition) is 1. The summed E-state index contributed by atoms with van der Waals surface area (Å²) in [4.78, 5) is 11.8. The monoisotopic (exact) mass is 313 g/mol. The lowest BCUT2D eigenvalue weighted by Crippen LogP contribution is -2.07. The molecule has 3 nitrogen and oxygen atoms in total. The lowest BCUT2D eigenvalue weighted by atomic mass is 9.86. The zero-order chi connectivity index (χ0) is 11.8. The summed E-state index contributed by atoms with van der Waals surface area (Å²) in [5, 5.41) is 1.67. The van der Waals surface area contributed by atoms with Gasteiger partial charge in [-0.3, -0.25) is 0 Å². The third-order valence-corrected chi connectivity index (χ3v) is 4.81. The van der Waals surface area contributed by atoms with Crippen LogP contribution in [0.3, 0.4) is 0 Å². The van der Waals surface area contributed by atoms with Gasteiger partial charge in [0.1, 0.15) is 17.1 Å². The topological polar surface area (TPSA) is 41.6 Å². The van der Waals surface area contributed by atoms with E-state index in [4.69, 9.17) is 11.6 Å². The van der Waals surface area contributed by atoms with Crippen LogP contribution in [0.15, 0.2) is 10.8 Å². The van der Waals surface area contributed by atoms with Crippen LogP contribution in [-0.2, 0) is 0 Å². The Morgan fingerprint density at radius 3 is 2.76 bits per heavy atom. The molecule has 0 bridgehead atoms. The van der Waals surface area contributed by atoms with Crippen LogP contribution < -0.4 is 0 Å². The van der Waals surface area contributed by atoms with E-state index >= 15 is 0 Å². The zero-order valence-electron chi connectivity index (χ0n) is 9.34. The molecule has 1 saturated carbocycles. The summed E-state index contributed by atoms with van der Waals surface area (Å²) in [5.41, 5.74) is 1.97. The molecular weight excluding hydrogens is 302 g/mol. The zero-order valence-corrected chi connectivity index (χ0v) is 11.7. The van der Waals surface area contributed by atoms with Gasteiger partial charge in [0.2, 0.25) is 0 Å². The predicted octanol–water partition coefficient (Wildman–Crippen LogP) is 4.42. The van der Waals surface area contributed by atoms with Gasteiger partial charge < -0.3 is 4.98 Å². The quantitative estimate of drug-likeness (QED) is 0.846. The smallest absolute Gasteiger partial charge is 0.143 e. The fourth-order valence-electron chi connectivity index (χ4n) is 2.66. The average molecular weight is 315 g/mol. The highest BCUT2D eigenvalue weighted by molar-refractivity contribution is 9.10. The Labute approximate surface area is 113 Å². The first kappa shape index (κ1) is 11.5. The molecule has 1 aliphatic rings. The Kier molecular flexibility index (Phi) is 3.09. The normalized spacial score (nSPS) is 17.8. The number of aromatic nitrogens is 3. The molecule has 0 aliphatic heterocycles. The van der Waals surface area contributed by atoms with Crippen LogP contribution in [0.1, 0.15) is 43.7 Å². The van der Waals surface area contributed by atoms with Crippen molar-refractivity contribution in [3.63, 3.8) is 0 Å². The summed E-state index contributed by atoms with van der Waals surface area (Å²) in [6.45, 7) is 0. The minimum Gasteiger partial charge on any atom is -0.329 e. The van der Waals surface area contributed by atoms with Gasteiger partial charge in [0.15, 0.2) is 0 Å². The summed E-state index contributed by atoms with van der Waals surface area (Å²) >= 11 is 9.62. The first-order chi connectivity index (χ1) is 8.27. The van der Waals surface area contributed by atoms with Gasteiger partial charge in [-0.25, -0.2) is 9.97 Å². The number of hydrogen-bond acceptors (Lipinski definition) is 2. The van der Waals surface area contributed by atoms with Gasteiger partial charge in [-0.05, 0) is 28.8 Å². The minimum absolute atomic E-state index is 0.553. The molecule has 2 aromatic heterocycles. The number of nitrogens with one attached hydrogen (secondary N) is 1. The highest BCUT2D eigenvalue weighted by atomic mass is 79.9. The molecule has 1 fully saturated rings. The summed E-state index contributed by atoms with van der Waals surface area (Å²) in [6, 6.07) is 0. The SMILES string of the molecule is Clc1[nH]c2ncnc(C3CCCCC3)c2c1Br. The highest BCUT2D eigenvalue weighted by Crippen LogP contribution is 2.39. The van der Waals surface area contributed by atoms with Crippen LogP contribution >= 0.6 is 27.5 Å². The van der Waals surface area contributed by atoms with Crippen molar-refractivity contribution in [3.8, 4) is 0 Å². The maximum absolute atomic E-state index is 6.09. The van der Waals surface area contributed by atoms with Gasteiger partial charge in [0.25, 0.3) is 0 Å². The third-order valence-electron chi connectivity index (χ3n) is 3.51. The lowest BCUT2D eigenvalue weighted by molar-refractivity contribution is 0.438. The van der Waals surface area contributed by atoms with E-state index in [1.807, 2.05) is 0 Å². The Bertz CT molecular complexity index is 546. The second-order valence-electron chi connectivity index (χ2n) is 4.57. The second kappa shape index (κ2) is 4.58. The maximum Gasteiger partial charge on any atom is 0.143 e. The molecule has 1 N–H and O–H groups in total. The average Bonchev–Trinajstić information content (AvgIpc) is 2.66. The number of halogens is 2. The number of H-pyrrole nitrogens is 1. The Balaban J connectivity index is 2.14. The van der Waals surface area contributed by atoms with Crippen molar-refractivity contribution in [1.82, 2.24) is 15.0 Å². The minimum atomic E-state index is 0.553. The van der Waals surface area contributed by atoms with Crippen LogP contribution in [-0.4, -0.2) is 15.0 Å². The molecule has 2 aromatic rings. The molecule has 0 aromatic carbocycles. The van der Waals surface area contributed by atoms with E-state index in [0.29, 0.717) is 11.1 Å². The van der Waals surface area contributed by atoms with Gasteiger partial charge in [-0.1, -0.05) is 30.9 Å². The van der Waals surface area contributed by atoms with E-state index in [2.05, 4.69) is 30.9 Å². The van der Waals surface area contributed by atoms with E-state index in [1.54, 1.807) is 6.33 Å². The van der Waals surface area contributed by atoms with Crippen LogP contribution in [0.5, 0.6) is 0 Å². The number of rotatable bonds is 1. The number of aromatic amines is 1. The van der Waals surface area contributed by atoms with Crippen molar-refractivity contribution in [2.24, 2.45) is 0 Å². The Morgan fingerprint density at radius 2 is 2.00 bits per heavy atom. The van der Waals surface area contributed by atoms with Gasteiger partial charge in [0.05, 0.1) is 15.6 Å². The molecule has 1 aliphatic carbocycles. The standard InChI is InChI=1S/C12H13BrClN3/c13-9-8-10(7-4-2-1-3-5-7)15-6-16-12(8)17-11(9)14/h6-7H,1-5H2,(H,15,16,17). The summed E-state index contributed by atoms with van der Waals surface area (Å²) < 4.78 is 0.898. The summed E-state index contributed by atoms with van der Waals surface area (Å²) in [5.74, 6) is 0.553. The lowest BCUT2D eigenvalue weighted by Gasteiger charge is -2.21. The molecule has 17 heavy (non-hydrogen) atoms. The molecule has 3 rings (SSSR count). The largest absolute Gasteiger partial charge is 0.329 e. The molecule has 0 saturated heterocycles. The van der Waals surface area contributed by atoms with Crippen molar-refractivity contribution in [1.29, 1.82) is 0 Å². The Hall–Kier alpha value is -0.610. The Morgan fingerprint density at radius 1 is 1.24 bits per heavy atom. The molecule has 0 spiro atoms. The van der Waals surface area contributed by atoms with Gasteiger partial charge in [-0.2, -0.15) is 0 Å². The fraction of sp³-hybridized carbons (Fsp3) is 0.500. The van der Waals surface area contributed by atoms with Crippen molar-refractivity contribution in [2.75, 3.05) is 0 Å². The molecule has 0 atom stereocenters. The van der Waals surface area contributed by atoms with Gasteiger partial charge in [-0.15, -0.1) is 0 Å². The second-order valence-corrected chi connectivity index (χ2v) is 5.74. The molecular formula is C12H13BrClN3. The predicted molar refractivity (Wildman–Crippen MR) is 72.4 cm³/mol. The highest BCUT2D eigenvalue weighted by Gasteiger charge is 2.22. The summed E-state index contributed by atoms with van der Waals surface area (Å²) in [7, 11) is 0. The van der Waals surface area contributed by atoms with Crippen molar-refractivity contribution in [2.45, 2.75) is 38.0 Å². The molecule has 0 unspecified atom stereocenters. The number of fused-ring (bicyclic) bond motifs is 1. The van der Waals surface area contributed by atoms with Crippen molar-refractivity contribution >= 4 is 38.6 Å². The number of nitrogens with zero attached hydrogens (tertiary/aromatic N) is 2. The molecule has 2 heterocycles. The van der Waals surface area contributed by atoms with E-state index in [9.17, 15) is 0 Å². The van der Waals surface area contributed by atoms with E-state index in [-0.39, 0.29) is 0 Å². The van der Waals surface area contributed by atoms with Crippen LogP contribution in [0.25, 0.3) is 11.0 Å². The first-order valence-electron chi connectivity index (χ1n) is 5.95. The fourth-order valence-corrected chi connectivity index (χ4v) is 3.34. The molecule has 90 valence electrons. The first-order valence-corrected chi connectivity index (χ1v) is 7.12. The maximum atomic E-state index is 6.09. The van der Waals surface area contributed by atoms with Crippen molar-refractivity contribution < 1.29 is 0 Å².